The van der Waals surface area contributed by atoms with E-state index in [0.717, 1.165) is 54.3 Å². The van der Waals surface area contributed by atoms with Gasteiger partial charge in [-0.05, 0) is 57.9 Å². The average Bonchev–Trinajstić information content (AvgIpc) is 3.12. The Labute approximate surface area is 273 Å². The van der Waals surface area contributed by atoms with E-state index in [0.29, 0.717) is 33.8 Å². The Morgan fingerprint density at radius 2 is 0.646 bits per heavy atom. The molecule has 7 aromatic carbocycles. The number of rotatable bonds is 0. The lowest BCUT2D eigenvalue weighted by Gasteiger charge is -2.12. The van der Waals surface area contributed by atoms with Gasteiger partial charge in [0.1, 0.15) is 33.5 Å². The lowest BCUT2D eigenvalue weighted by atomic mass is 9.92. The van der Waals surface area contributed by atoms with Crippen LogP contribution in [0.5, 0.6) is 0 Å². The zero-order chi connectivity index (χ0) is 31.9. The van der Waals surface area contributed by atoms with Crippen LogP contribution in [0.4, 0.5) is 0 Å². The van der Waals surface area contributed by atoms with E-state index in [1.54, 1.807) is 0 Å². The molecule has 12 aromatic rings. The van der Waals surface area contributed by atoms with Crippen LogP contribution in [0.1, 0.15) is 0 Å². The molecule has 12 rings (SSSR count). The van der Waals surface area contributed by atoms with Crippen LogP contribution in [0.2, 0.25) is 0 Å². The van der Waals surface area contributed by atoms with E-state index >= 15 is 0 Å². The molecule has 0 atom stereocenters. The SMILES string of the molecule is c1cc2cc(c1)oc1ccccc1c1c3ccccc3c(c3ccccc3oc3cccc(c3)oc3cnc(cn3)o2)c2ccccc21. The summed E-state index contributed by atoms with van der Waals surface area (Å²) in [5.41, 5.74) is 4.51. The summed E-state index contributed by atoms with van der Waals surface area (Å²) in [6, 6.07) is 48.4. The first-order valence-electron chi connectivity index (χ1n) is 15.6. The molecule has 48 heavy (non-hydrogen) atoms. The van der Waals surface area contributed by atoms with Crippen molar-refractivity contribution >= 4 is 88.0 Å². The molecule has 0 amide bonds. The van der Waals surface area contributed by atoms with Crippen molar-refractivity contribution < 1.29 is 17.7 Å². The summed E-state index contributed by atoms with van der Waals surface area (Å²) >= 11 is 0. The van der Waals surface area contributed by atoms with Crippen molar-refractivity contribution in [3.05, 3.63) is 158 Å². The van der Waals surface area contributed by atoms with Gasteiger partial charge in [0.25, 0.3) is 0 Å². The predicted octanol–water partition coefficient (Wildman–Crippen LogP) is 12.0. The van der Waals surface area contributed by atoms with Gasteiger partial charge in [0.05, 0.1) is 12.4 Å². The summed E-state index contributed by atoms with van der Waals surface area (Å²) in [6.45, 7) is 0. The maximum absolute atomic E-state index is 6.62. The number of benzene rings is 7. The van der Waals surface area contributed by atoms with Gasteiger partial charge < -0.3 is 17.7 Å². The smallest absolute Gasteiger partial charge is 0.238 e. The molecule has 0 aliphatic heterocycles. The van der Waals surface area contributed by atoms with Crippen molar-refractivity contribution in [2.45, 2.75) is 0 Å². The number of nitrogens with zero attached hydrogens (tertiary/aromatic N) is 2. The second-order valence-electron chi connectivity index (χ2n) is 11.4. The fourth-order valence-electron chi connectivity index (χ4n) is 6.34. The van der Waals surface area contributed by atoms with Crippen molar-refractivity contribution in [1.29, 1.82) is 0 Å². The molecule has 5 heterocycles. The Balaban J connectivity index is 1.56. The summed E-state index contributed by atoms with van der Waals surface area (Å²) in [5.74, 6) is 0. The van der Waals surface area contributed by atoms with E-state index in [2.05, 4.69) is 70.6 Å². The van der Waals surface area contributed by atoms with Crippen LogP contribution in [-0.4, -0.2) is 9.97 Å². The number of para-hydroxylation sites is 2. The molecule has 6 heteroatoms. The Bertz CT molecular complexity index is 2650. The van der Waals surface area contributed by atoms with Gasteiger partial charge in [-0.15, -0.1) is 0 Å². The van der Waals surface area contributed by atoms with Gasteiger partial charge in [0.2, 0.25) is 11.4 Å². The molecule has 228 valence electrons. The Kier molecular flexibility index (Phi) is 6.68. The van der Waals surface area contributed by atoms with Crippen molar-refractivity contribution in [1.82, 2.24) is 9.97 Å². The van der Waals surface area contributed by atoms with Crippen LogP contribution >= 0.6 is 0 Å². The van der Waals surface area contributed by atoms with E-state index in [1.807, 2.05) is 84.9 Å². The molecule has 0 aliphatic carbocycles. The van der Waals surface area contributed by atoms with Crippen molar-refractivity contribution in [3.63, 3.8) is 0 Å². The van der Waals surface area contributed by atoms with Gasteiger partial charge in [0, 0.05) is 33.7 Å². The Hall–Kier alpha value is -6.66. The van der Waals surface area contributed by atoms with Gasteiger partial charge in [-0.3, -0.25) is 0 Å². The molecular formula is C42H26N2O4. The normalized spacial score (nSPS) is 11.3. The number of hydrogen-bond donors (Lipinski definition) is 0. The Morgan fingerprint density at radius 1 is 0.312 bits per heavy atom. The summed E-state index contributed by atoms with van der Waals surface area (Å²) < 4.78 is 25.3. The first-order valence-corrected chi connectivity index (χ1v) is 15.6. The topological polar surface area (TPSA) is 78.3 Å². The molecule has 0 N–H and O–H groups in total. The quantitative estimate of drug-likeness (QED) is 0.157. The van der Waals surface area contributed by atoms with E-state index in [1.165, 1.54) is 12.4 Å². The molecule has 5 aromatic heterocycles. The summed E-state index contributed by atoms with van der Waals surface area (Å²) in [5, 5.41) is 8.56. The third kappa shape index (κ3) is 5.02. The highest BCUT2D eigenvalue weighted by Gasteiger charge is 2.12. The monoisotopic (exact) mass is 622 g/mol. The lowest BCUT2D eigenvalue weighted by molar-refractivity contribution is 0.614. The first kappa shape index (κ1) is 27.6. The van der Waals surface area contributed by atoms with Crippen LogP contribution in [-0.2, 0) is 0 Å². The fraction of sp³-hybridized carbons (Fsp3) is 0. The van der Waals surface area contributed by atoms with E-state index in [4.69, 9.17) is 17.7 Å². The first-order chi connectivity index (χ1) is 23.8. The Morgan fingerprint density at radius 3 is 1.02 bits per heavy atom. The highest BCUT2D eigenvalue weighted by Crippen LogP contribution is 2.39. The van der Waals surface area contributed by atoms with Crippen LogP contribution in [0.15, 0.2) is 176 Å². The van der Waals surface area contributed by atoms with Gasteiger partial charge in [-0.2, -0.15) is 0 Å². The zero-order valence-electron chi connectivity index (χ0n) is 25.5. The second kappa shape index (κ2) is 11.6. The van der Waals surface area contributed by atoms with Crippen molar-refractivity contribution in [3.8, 4) is 0 Å². The van der Waals surface area contributed by atoms with Crippen LogP contribution < -0.4 is 0 Å². The minimum atomic E-state index is 0.328. The molecule has 0 radical (unpaired) electrons. The largest absolute Gasteiger partial charge is 0.457 e. The number of hydrogen-bond acceptors (Lipinski definition) is 6. The van der Waals surface area contributed by atoms with Gasteiger partial charge in [-0.25, -0.2) is 9.97 Å². The summed E-state index contributed by atoms with van der Waals surface area (Å²) in [6.07, 6.45) is 3.06. The number of aromatic nitrogens is 2. The van der Waals surface area contributed by atoms with Gasteiger partial charge in [-0.1, -0.05) is 97.1 Å². The summed E-state index contributed by atoms with van der Waals surface area (Å²) in [4.78, 5) is 8.82. The van der Waals surface area contributed by atoms with Gasteiger partial charge >= 0.3 is 0 Å². The molecule has 0 saturated heterocycles. The third-order valence-corrected chi connectivity index (χ3v) is 8.36. The maximum atomic E-state index is 6.62. The molecule has 6 nitrogen and oxygen atoms in total. The molecule has 0 unspecified atom stereocenters. The lowest BCUT2D eigenvalue weighted by Crippen LogP contribution is -1.84. The maximum Gasteiger partial charge on any atom is 0.238 e. The molecule has 0 fully saturated rings. The predicted molar refractivity (Wildman–Crippen MR) is 193 cm³/mol. The minimum absolute atomic E-state index is 0.328. The van der Waals surface area contributed by atoms with Crippen LogP contribution in [0.3, 0.4) is 0 Å². The van der Waals surface area contributed by atoms with Crippen LogP contribution in [0, 0.1) is 0 Å². The van der Waals surface area contributed by atoms with Gasteiger partial charge in [0.15, 0.2) is 0 Å². The standard InChI is InChI=1S/C42H26N2O4/c1-2-16-32-31(15-1)41-33-17-3-4-18-34(33)42(32)36-20-6-8-22-38(36)46-28-12-10-14-30(24-28)48-40-26-43-39(25-44-40)47-29-13-9-11-27(23-29)45-37-21-7-5-19-35(37)41/h1-26H. The zero-order valence-corrected chi connectivity index (χ0v) is 25.5. The third-order valence-electron chi connectivity index (χ3n) is 8.36. The molecule has 0 aliphatic rings. The average molecular weight is 623 g/mol. The highest BCUT2D eigenvalue weighted by atomic mass is 16.4. The van der Waals surface area contributed by atoms with Crippen LogP contribution in [0.25, 0.3) is 88.0 Å². The molecule has 8 bridgehead atoms. The second-order valence-corrected chi connectivity index (χ2v) is 11.4. The van der Waals surface area contributed by atoms with E-state index < -0.39 is 0 Å². The molecule has 0 spiro atoms. The summed E-state index contributed by atoms with van der Waals surface area (Å²) in [7, 11) is 0. The highest BCUT2D eigenvalue weighted by molar-refractivity contribution is 6.33. The minimum Gasteiger partial charge on any atom is -0.457 e. The van der Waals surface area contributed by atoms with E-state index in [-0.39, 0.29) is 0 Å². The van der Waals surface area contributed by atoms with Crippen molar-refractivity contribution in [2.75, 3.05) is 0 Å². The molecular weight excluding hydrogens is 596 g/mol. The van der Waals surface area contributed by atoms with Crippen molar-refractivity contribution in [2.24, 2.45) is 0 Å². The van der Waals surface area contributed by atoms with E-state index in [9.17, 15) is 0 Å². The molecule has 0 saturated carbocycles. The fourth-order valence-corrected chi connectivity index (χ4v) is 6.34.